The van der Waals surface area contributed by atoms with Gasteiger partial charge in [0.25, 0.3) is 0 Å². The minimum atomic E-state index is -0.914. The molecule has 0 heterocycles. The summed E-state index contributed by atoms with van der Waals surface area (Å²) in [4.78, 5) is 11.1. The van der Waals surface area contributed by atoms with E-state index in [1.54, 1.807) is 24.3 Å². The molecule has 0 saturated carbocycles. The van der Waals surface area contributed by atoms with Gasteiger partial charge in [0.1, 0.15) is 0 Å². The van der Waals surface area contributed by atoms with Crippen molar-refractivity contribution >= 4 is 17.6 Å². The first-order chi connectivity index (χ1) is 13.9. The third-order valence-electron chi connectivity index (χ3n) is 4.90. The van der Waals surface area contributed by atoms with Crippen molar-refractivity contribution in [1.82, 2.24) is 5.32 Å². The summed E-state index contributed by atoms with van der Waals surface area (Å²) in [5, 5.41) is 23.2. The number of carboxylic acids is 1. The molecule has 0 saturated heterocycles. The lowest BCUT2D eigenvalue weighted by atomic mass is 9.97. The smallest absolute Gasteiger partial charge is 0.335 e. The summed E-state index contributed by atoms with van der Waals surface area (Å²) in [5.74, 6) is -0.914. The average Bonchev–Trinajstić information content (AvgIpc) is 2.71. The summed E-state index contributed by atoms with van der Waals surface area (Å²) in [6.45, 7) is 3.14. The molecule has 3 rings (SSSR count). The van der Waals surface area contributed by atoms with E-state index in [0.717, 1.165) is 35.2 Å². The summed E-state index contributed by atoms with van der Waals surface area (Å²) in [5.41, 5.74) is 5.33. The summed E-state index contributed by atoms with van der Waals surface area (Å²) in [6, 6.07) is 20.7. The fraction of sp³-hybridized carbons (Fsp3) is 0.208. The third kappa shape index (κ3) is 5.67. The van der Waals surface area contributed by atoms with Crippen molar-refractivity contribution in [3.8, 4) is 11.1 Å². The number of aliphatic hydroxyl groups excluding tert-OH is 1. The highest BCUT2D eigenvalue weighted by Crippen LogP contribution is 2.25. The number of benzene rings is 3. The second kappa shape index (κ2) is 9.70. The SMILES string of the molecule is Cc1cc(C(=O)O)ccc1-c1ccc(CCNC[C@H](O)c2cccc(Cl)c2)cc1. The van der Waals surface area contributed by atoms with E-state index in [2.05, 4.69) is 29.6 Å². The minimum Gasteiger partial charge on any atom is -0.478 e. The molecule has 3 N–H and O–H groups in total. The number of carboxylic acid groups (broad SMARTS) is 1. The Labute approximate surface area is 175 Å². The van der Waals surface area contributed by atoms with Crippen LogP contribution in [-0.4, -0.2) is 29.3 Å². The van der Waals surface area contributed by atoms with E-state index >= 15 is 0 Å². The predicted octanol–water partition coefficient (Wildman–Crippen LogP) is 4.88. The van der Waals surface area contributed by atoms with Gasteiger partial charge in [0.15, 0.2) is 0 Å². The average molecular weight is 410 g/mol. The van der Waals surface area contributed by atoms with Gasteiger partial charge in [-0.3, -0.25) is 0 Å². The van der Waals surface area contributed by atoms with Crippen molar-refractivity contribution in [2.75, 3.05) is 13.1 Å². The van der Waals surface area contributed by atoms with Gasteiger partial charge in [-0.15, -0.1) is 0 Å². The van der Waals surface area contributed by atoms with Gasteiger partial charge in [-0.05, 0) is 72.0 Å². The highest BCUT2D eigenvalue weighted by atomic mass is 35.5. The lowest BCUT2D eigenvalue weighted by molar-refractivity contribution is 0.0697. The van der Waals surface area contributed by atoms with Gasteiger partial charge in [-0.25, -0.2) is 4.79 Å². The standard InChI is InChI=1S/C24H24ClNO3/c1-16-13-20(24(28)29)9-10-22(16)18-7-5-17(6-8-18)11-12-26-15-23(27)19-3-2-4-21(25)14-19/h2-10,13-14,23,26-27H,11-12,15H2,1H3,(H,28,29)/t23-/m0/s1. The van der Waals surface area contributed by atoms with Crippen LogP contribution in [0.5, 0.6) is 0 Å². The number of carbonyl (C=O) groups is 1. The van der Waals surface area contributed by atoms with E-state index in [-0.39, 0.29) is 0 Å². The third-order valence-corrected chi connectivity index (χ3v) is 5.13. The van der Waals surface area contributed by atoms with Crippen molar-refractivity contribution < 1.29 is 15.0 Å². The monoisotopic (exact) mass is 409 g/mol. The van der Waals surface area contributed by atoms with Gasteiger partial charge >= 0.3 is 5.97 Å². The van der Waals surface area contributed by atoms with Gasteiger partial charge in [-0.2, -0.15) is 0 Å². The Hall–Kier alpha value is -2.66. The van der Waals surface area contributed by atoms with Crippen LogP contribution in [0, 0.1) is 6.92 Å². The maximum absolute atomic E-state index is 11.1. The molecule has 0 aliphatic carbocycles. The van der Waals surface area contributed by atoms with Crippen LogP contribution < -0.4 is 5.32 Å². The molecule has 0 aromatic heterocycles. The topological polar surface area (TPSA) is 69.6 Å². The molecular weight excluding hydrogens is 386 g/mol. The first-order valence-corrected chi connectivity index (χ1v) is 9.89. The van der Waals surface area contributed by atoms with Crippen LogP contribution in [-0.2, 0) is 6.42 Å². The Kier molecular flexibility index (Phi) is 7.04. The highest BCUT2D eigenvalue weighted by molar-refractivity contribution is 6.30. The van der Waals surface area contributed by atoms with E-state index in [4.69, 9.17) is 16.7 Å². The van der Waals surface area contributed by atoms with Crippen LogP contribution >= 0.6 is 11.6 Å². The Morgan fingerprint density at radius 1 is 1.07 bits per heavy atom. The van der Waals surface area contributed by atoms with Crippen LogP contribution in [0.1, 0.15) is 33.2 Å². The maximum atomic E-state index is 11.1. The van der Waals surface area contributed by atoms with E-state index in [1.807, 2.05) is 25.1 Å². The number of aliphatic hydroxyl groups is 1. The Morgan fingerprint density at radius 2 is 1.83 bits per heavy atom. The fourth-order valence-electron chi connectivity index (χ4n) is 3.27. The summed E-state index contributed by atoms with van der Waals surface area (Å²) >= 11 is 5.96. The molecule has 3 aromatic carbocycles. The van der Waals surface area contributed by atoms with Crippen molar-refractivity contribution in [2.24, 2.45) is 0 Å². The maximum Gasteiger partial charge on any atom is 0.335 e. The second-order valence-electron chi connectivity index (χ2n) is 7.06. The molecule has 0 spiro atoms. The van der Waals surface area contributed by atoms with E-state index in [0.29, 0.717) is 17.1 Å². The Morgan fingerprint density at radius 3 is 2.48 bits per heavy atom. The van der Waals surface area contributed by atoms with Gasteiger partial charge in [0.05, 0.1) is 11.7 Å². The summed E-state index contributed by atoms with van der Waals surface area (Å²) < 4.78 is 0. The summed E-state index contributed by atoms with van der Waals surface area (Å²) in [6.07, 6.45) is 0.257. The zero-order valence-electron chi connectivity index (χ0n) is 16.2. The molecule has 0 aliphatic heterocycles. The zero-order chi connectivity index (χ0) is 20.8. The highest BCUT2D eigenvalue weighted by Gasteiger charge is 2.09. The van der Waals surface area contributed by atoms with Gasteiger partial charge in [-0.1, -0.05) is 54.1 Å². The molecule has 0 radical (unpaired) electrons. The van der Waals surface area contributed by atoms with Gasteiger partial charge < -0.3 is 15.5 Å². The molecule has 0 unspecified atom stereocenters. The second-order valence-corrected chi connectivity index (χ2v) is 7.49. The van der Waals surface area contributed by atoms with Crippen LogP contribution in [0.3, 0.4) is 0 Å². The Balaban J connectivity index is 1.53. The number of hydrogen-bond acceptors (Lipinski definition) is 3. The zero-order valence-corrected chi connectivity index (χ0v) is 17.0. The number of hydrogen-bond donors (Lipinski definition) is 3. The van der Waals surface area contributed by atoms with E-state index in [1.165, 1.54) is 5.56 Å². The number of halogens is 1. The number of aromatic carboxylic acids is 1. The largest absolute Gasteiger partial charge is 0.478 e. The van der Waals surface area contributed by atoms with E-state index in [9.17, 15) is 9.90 Å². The van der Waals surface area contributed by atoms with Gasteiger partial charge in [0, 0.05) is 11.6 Å². The van der Waals surface area contributed by atoms with Gasteiger partial charge in [0.2, 0.25) is 0 Å². The van der Waals surface area contributed by atoms with Crippen molar-refractivity contribution in [3.63, 3.8) is 0 Å². The minimum absolute atomic E-state index is 0.300. The Bertz CT molecular complexity index is 986. The first kappa shape index (κ1) is 21.1. The molecule has 0 aliphatic rings. The molecule has 1 atom stereocenters. The van der Waals surface area contributed by atoms with Crippen LogP contribution in [0.25, 0.3) is 11.1 Å². The molecule has 0 bridgehead atoms. The first-order valence-electron chi connectivity index (χ1n) is 9.51. The molecular formula is C24H24ClNO3. The molecule has 0 amide bonds. The molecule has 150 valence electrons. The van der Waals surface area contributed by atoms with Crippen LogP contribution in [0.4, 0.5) is 0 Å². The van der Waals surface area contributed by atoms with Crippen LogP contribution in [0.2, 0.25) is 5.02 Å². The number of aryl methyl sites for hydroxylation is 1. The molecule has 4 nitrogen and oxygen atoms in total. The molecule has 3 aromatic rings. The lowest BCUT2D eigenvalue weighted by Gasteiger charge is -2.13. The van der Waals surface area contributed by atoms with Crippen molar-refractivity contribution in [2.45, 2.75) is 19.4 Å². The fourth-order valence-corrected chi connectivity index (χ4v) is 3.47. The lowest BCUT2D eigenvalue weighted by Crippen LogP contribution is -2.23. The summed E-state index contributed by atoms with van der Waals surface area (Å²) in [7, 11) is 0. The normalized spacial score (nSPS) is 12.0. The van der Waals surface area contributed by atoms with Crippen molar-refractivity contribution in [1.29, 1.82) is 0 Å². The van der Waals surface area contributed by atoms with Crippen LogP contribution in [0.15, 0.2) is 66.7 Å². The quantitative estimate of drug-likeness (QED) is 0.464. The van der Waals surface area contributed by atoms with Crippen molar-refractivity contribution in [3.05, 3.63) is 94.0 Å². The predicted molar refractivity (Wildman–Crippen MR) is 117 cm³/mol. The number of nitrogens with one attached hydrogen (secondary N) is 1. The molecule has 0 fully saturated rings. The molecule has 29 heavy (non-hydrogen) atoms. The van der Waals surface area contributed by atoms with E-state index < -0.39 is 12.1 Å². The number of rotatable bonds is 8. The molecule has 5 heteroatoms.